The van der Waals surface area contributed by atoms with Crippen molar-refractivity contribution in [2.24, 2.45) is 4.99 Å². The summed E-state index contributed by atoms with van der Waals surface area (Å²) in [7, 11) is 0. The van der Waals surface area contributed by atoms with E-state index in [0.717, 1.165) is 36.5 Å². The zero-order valence-electron chi connectivity index (χ0n) is 14.1. The van der Waals surface area contributed by atoms with Crippen LogP contribution < -0.4 is 5.32 Å². The van der Waals surface area contributed by atoms with Gasteiger partial charge in [-0.3, -0.25) is 4.99 Å². The van der Waals surface area contributed by atoms with Gasteiger partial charge in [0.05, 0.1) is 12.6 Å². The molecule has 136 valence electrons. The van der Waals surface area contributed by atoms with Gasteiger partial charge in [0.15, 0.2) is 0 Å². The molecule has 0 radical (unpaired) electrons. The number of aliphatic hydroxyl groups is 1. The van der Waals surface area contributed by atoms with Crippen LogP contribution in [-0.2, 0) is 0 Å². The maximum Gasteiger partial charge on any atom is 0.138 e. The van der Waals surface area contributed by atoms with E-state index in [0.29, 0.717) is 12.4 Å². The summed E-state index contributed by atoms with van der Waals surface area (Å²) < 4.78 is 2.04. The van der Waals surface area contributed by atoms with Crippen LogP contribution in [0.15, 0.2) is 62.7 Å². The molecule has 0 bridgehead atoms. The third-order valence-corrected chi connectivity index (χ3v) is 6.03. The number of amidine groups is 1. The Morgan fingerprint density at radius 1 is 0.963 bits per heavy atom. The molecule has 4 aromatic rings. The summed E-state index contributed by atoms with van der Waals surface area (Å²) in [5.41, 5.74) is 4.05. The highest BCUT2D eigenvalue weighted by Gasteiger charge is 2.28. The summed E-state index contributed by atoms with van der Waals surface area (Å²) in [5, 5.41) is 16.5. The molecule has 7 heteroatoms. The van der Waals surface area contributed by atoms with Crippen molar-refractivity contribution in [1.29, 1.82) is 0 Å². The van der Waals surface area contributed by atoms with Gasteiger partial charge in [-0.1, -0.05) is 44.0 Å². The highest BCUT2D eigenvalue weighted by atomic mass is 79.9. The Bertz CT molecular complexity index is 1190. The van der Waals surface area contributed by atoms with E-state index in [1.807, 2.05) is 36.7 Å². The SMILES string of the molecule is OC(C1=NCC(c2c[nH]c3cc(Br)ccc23)N1)c1c[nH]c2cc(Br)ccc12. The lowest BCUT2D eigenvalue weighted by molar-refractivity contribution is 0.245. The third-order valence-electron chi connectivity index (χ3n) is 5.05. The topological polar surface area (TPSA) is 76.2 Å². The Kier molecular flexibility index (Phi) is 4.11. The predicted octanol–water partition coefficient (Wildman–Crippen LogP) is 4.95. The average molecular weight is 488 g/mol. The fraction of sp³-hybridized carbons (Fsp3) is 0.150. The van der Waals surface area contributed by atoms with E-state index in [-0.39, 0.29) is 6.04 Å². The van der Waals surface area contributed by atoms with E-state index in [1.54, 1.807) is 0 Å². The zero-order valence-corrected chi connectivity index (χ0v) is 17.3. The van der Waals surface area contributed by atoms with Crippen LogP contribution in [0.25, 0.3) is 21.8 Å². The molecular formula is C20H16Br2N4O. The number of hydrogen-bond donors (Lipinski definition) is 4. The summed E-state index contributed by atoms with van der Waals surface area (Å²) in [6, 6.07) is 12.2. The van der Waals surface area contributed by atoms with Crippen LogP contribution in [0.3, 0.4) is 0 Å². The van der Waals surface area contributed by atoms with Gasteiger partial charge in [0.2, 0.25) is 0 Å². The standard InChI is InChI=1S/C20H16Br2N4O/c21-10-1-3-12-14(7-23-16(12)5-10)18-9-25-20(26-18)19(27)15-8-24-17-6-11(22)2-4-13(15)17/h1-8,18-19,23-24,27H,9H2,(H,25,26). The van der Waals surface area contributed by atoms with E-state index >= 15 is 0 Å². The summed E-state index contributed by atoms with van der Waals surface area (Å²) in [4.78, 5) is 11.1. The van der Waals surface area contributed by atoms with E-state index in [1.165, 1.54) is 5.39 Å². The molecule has 27 heavy (non-hydrogen) atoms. The molecule has 4 N–H and O–H groups in total. The van der Waals surface area contributed by atoms with Gasteiger partial charge in [-0.15, -0.1) is 0 Å². The Hall–Kier alpha value is -2.09. The van der Waals surface area contributed by atoms with Crippen molar-refractivity contribution in [2.75, 3.05) is 6.54 Å². The first-order valence-electron chi connectivity index (χ1n) is 8.62. The van der Waals surface area contributed by atoms with Gasteiger partial charge in [0.1, 0.15) is 11.9 Å². The van der Waals surface area contributed by atoms with Crippen molar-refractivity contribution in [3.05, 3.63) is 68.9 Å². The first-order chi connectivity index (χ1) is 13.1. The largest absolute Gasteiger partial charge is 0.380 e. The molecule has 5 rings (SSSR count). The lowest BCUT2D eigenvalue weighted by Gasteiger charge is -2.15. The molecular weight excluding hydrogens is 472 g/mol. The van der Waals surface area contributed by atoms with E-state index < -0.39 is 6.10 Å². The molecule has 0 fully saturated rings. The van der Waals surface area contributed by atoms with Gasteiger partial charge in [0, 0.05) is 54.3 Å². The first kappa shape index (κ1) is 17.0. The number of benzene rings is 2. The molecule has 0 saturated carbocycles. The van der Waals surface area contributed by atoms with Crippen molar-refractivity contribution in [3.8, 4) is 0 Å². The maximum atomic E-state index is 10.9. The second-order valence-corrected chi connectivity index (χ2v) is 8.52. The van der Waals surface area contributed by atoms with Crippen molar-refractivity contribution >= 4 is 59.5 Å². The van der Waals surface area contributed by atoms with Crippen LogP contribution in [0.2, 0.25) is 0 Å². The minimum Gasteiger partial charge on any atom is -0.380 e. The number of halogens is 2. The Balaban J connectivity index is 1.42. The Morgan fingerprint density at radius 2 is 1.63 bits per heavy atom. The first-order valence-corrected chi connectivity index (χ1v) is 10.2. The van der Waals surface area contributed by atoms with E-state index in [2.05, 4.69) is 64.3 Å². The normalized spacial score (nSPS) is 18.0. The van der Waals surface area contributed by atoms with Crippen LogP contribution in [0, 0.1) is 0 Å². The number of aliphatic imine (C=N–C) groups is 1. The summed E-state index contributed by atoms with van der Waals surface area (Å²) >= 11 is 6.98. The second-order valence-electron chi connectivity index (χ2n) is 6.69. The predicted molar refractivity (Wildman–Crippen MR) is 115 cm³/mol. The molecule has 3 heterocycles. The molecule has 2 aromatic heterocycles. The number of fused-ring (bicyclic) bond motifs is 2. The lowest BCUT2D eigenvalue weighted by Crippen LogP contribution is -2.28. The average Bonchev–Trinajstić information content (AvgIpc) is 3.37. The number of hydrogen-bond acceptors (Lipinski definition) is 3. The molecule has 0 saturated heterocycles. The zero-order chi connectivity index (χ0) is 18.5. The molecule has 2 unspecified atom stereocenters. The third kappa shape index (κ3) is 2.90. The molecule has 2 aromatic carbocycles. The van der Waals surface area contributed by atoms with Crippen LogP contribution in [-0.4, -0.2) is 27.5 Å². The highest BCUT2D eigenvalue weighted by Crippen LogP contribution is 2.32. The van der Waals surface area contributed by atoms with Crippen LogP contribution in [0.4, 0.5) is 0 Å². The number of nitrogens with one attached hydrogen (secondary N) is 3. The number of nitrogens with zero attached hydrogens (tertiary/aromatic N) is 1. The smallest absolute Gasteiger partial charge is 0.138 e. The van der Waals surface area contributed by atoms with Gasteiger partial charge in [-0.2, -0.15) is 0 Å². The Labute approximate surface area is 172 Å². The summed E-state index contributed by atoms with van der Waals surface area (Å²) in [5.74, 6) is 0.607. The fourth-order valence-electron chi connectivity index (χ4n) is 3.70. The van der Waals surface area contributed by atoms with Gasteiger partial charge in [-0.25, -0.2) is 0 Å². The van der Waals surface area contributed by atoms with Crippen molar-refractivity contribution in [3.63, 3.8) is 0 Å². The van der Waals surface area contributed by atoms with Gasteiger partial charge in [-0.05, 0) is 24.3 Å². The summed E-state index contributed by atoms with van der Waals surface area (Å²) in [6.45, 7) is 0.601. The molecule has 0 aliphatic carbocycles. The van der Waals surface area contributed by atoms with Gasteiger partial charge < -0.3 is 20.4 Å². The second kappa shape index (κ2) is 6.51. The van der Waals surface area contributed by atoms with E-state index in [4.69, 9.17) is 0 Å². The van der Waals surface area contributed by atoms with Gasteiger partial charge >= 0.3 is 0 Å². The number of aliphatic hydroxyl groups excluding tert-OH is 1. The molecule has 2 atom stereocenters. The maximum absolute atomic E-state index is 10.9. The molecule has 0 spiro atoms. The van der Waals surface area contributed by atoms with Crippen LogP contribution in [0.5, 0.6) is 0 Å². The fourth-order valence-corrected chi connectivity index (χ4v) is 4.43. The minimum absolute atomic E-state index is 0.0453. The monoisotopic (exact) mass is 486 g/mol. The number of aromatic nitrogens is 2. The minimum atomic E-state index is -0.788. The van der Waals surface area contributed by atoms with Gasteiger partial charge in [0.25, 0.3) is 0 Å². The number of aromatic amines is 2. The quantitative estimate of drug-likeness (QED) is 0.330. The lowest BCUT2D eigenvalue weighted by atomic mass is 10.1. The van der Waals surface area contributed by atoms with Crippen molar-refractivity contribution in [1.82, 2.24) is 15.3 Å². The van der Waals surface area contributed by atoms with Crippen LogP contribution >= 0.6 is 31.9 Å². The van der Waals surface area contributed by atoms with Crippen molar-refractivity contribution < 1.29 is 5.11 Å². The molecule has 5 nitrogen and oxygen atoms in total. The van der Waals surface area contributed by atoms with Crippen molar-refractivity contribution in [2.45, 2.75) is 12.1 Å². The Morgan fingerprint density at radius 3 is 2.41 bits per heavy atom. The van der Waals surface area contributed by atoms with Crippen LogP contribution in [0.1, 0.15) is 23.3 Å². The summed E-state index contributed by atoms with van der Waals surface area (Å²) in [6.07, 6.45) is 3.08. The van der Waals surface area contributed by atoms with E-state index in [9.17, 15) is 5.11 Å². The number of rotatable bonds is 3. The molecule has 1 aliphatic heterocycles. The highest BCUT2D eigenvalue weighted by molar-refractivity contribution is 9.10. The number of H-pyrrole nitrogens is 2. The molecule has 1 aliphatic rings. The molecule has 0 amide bonds.